The molecule has 6 rings (SSSR count). The zero-order valence-corrected chi connectivity index (χ0v) is 20.4. The van der Waals surface area contributed by atoms with Gasteiger partial charge < -0.3 is 15.0 Å². The van der Waals surface area contributed by atoms with Gasteiger partial charge in [0.25, 0.3) is 0 Å². The van der Waals surface area contributed by atoms with E-state index < -0.39 is 0 Å². The minimum absolute atomic E-state index is 0.170. The smallest absolute Gasteiger partial charge is 0.101 e. The number of nitriles is 1. The Labute approximate surface area is 207 Å². The van der Waals surface area contributed by atoms with Crippen LogP contribution in [-0.4, -0.2) is 61.3 Å². The SMILES string of the molecule is CC1CN(c2ccc(C#N)c3ncccc23)CC2C[C@@H](c3ccc(C4CNCCO4)cc3)CCN12. The molecule has 3 fully saturated rings. The highest BCUT2D eigenvalue weighted by Crippen LogP contribution is 2.38. The largest absolute Gasteiger partial charge is 0.371 e. The second kappa shape index (κ2) is 9.58. The van der Waals surface area contributed by atoms with Crippen molar-refractivity contribution in [1.29, 1.82) is 5.26 Å². The van der Waals surface area contributed by atoms with Crippen LogP contribution in [-0.2, 0) is 4.74 Å². The van der Waals surface area contributed by atoms with Crippen LogP contribution >= 0.6 is 0 Å². The van der Waals surface area contributed by atoms with Crippen LogP contribution in [0, 0.1) is 11.3 Å². The Balaban J connectivity index is 1.21. The number of piperidine rings is 1. The van der Waals surface area contributed by atoms with Gasteiger partial charge in [0, 0.05) is 55.5 Å². The fraction of sp³-hybridized carbons (Fsp3) is 0.448. The summed E-state index contributed by atoms with van der Waals surface area (Å²) < 4.78 is 5.93. The maximum atomic E-state index is 9.54. The Morgan fingerprint density at radius 1 is 1.09 bits per heavy atom. The van der Waals surface area contributed by atoms with Gasteiger partial charge in [-0.25, -0.2) is 0 Å². The molecule has 1 aromatic heterocycles. The maximum absolute atomic E-state index is 9.54. The third-order valence-electron chi connectivity index (χ3n) is 8.16. The van der Waals surface area contributed by atoms with Crippen molar-refractivity contribution < 1.29 is 4.74 Å². The van der Waals surface area contributed by atoms with E-state index in [0.717, 1.165) is 50.2 Å². The van der Waals surface area contributed by atoms with Gasteiger partial charge in [0.2, 0.25) is 0 Å². The Morgan fingerprint density at radius 2 is 1.94 bits per heavy atom. The summed E-state index contributed by atoms with van der Waals surface area (Å²) >= 11 is 0. The average molecular weight is 468 g/mol. The normalized spacial score (nSPS) is 27.4. The lowest BCUT2D eigenvalue weighted by atomic mass is 9.83. The summed E-state index contributed by atoms with van der Waals surface area (Å²) in [6.45, 7) is 8.14. The zero-order chi connectivity index (χ0) is 23.8. The van der Waals surface area contributed by atoms with E-state index >= 15 is 0 Å². The molecule has 6 heteroatoms. The second-order valence-corrected chi connectivity index (χ2v) is 10.2. The van der Waals surface area contributed by atoms with Crippen LogP contribution in [0.25, 0.3) is 10.9 Å². The number of nitrogens with zero attached hydrogens (tertiary/aromatic N) is 4. The van der Waals surface area contributed by atoms with E-state index in [4.69, 9.17) is 4.74 Å². The molecular weight excluding hydrogens is 434 g/mol. The fourth-order valence-corrected chi connectivity index (χ4v) is 6.37. The first-order chi connectivity index (χ1) is 17.2. The summed E-state index contributed by atoms with van der Waals surface area (Å²) in [4.78, 5) is 9.77. The molecule has 0 bridgehead atoms. The number of hydrogen-bond donors (Lipinski definition) is 1. The number of hydrogen-bond acceptors (Lipinski definition) is 6. The number of anilines is 1. The molecule has 0 spiro atoms. The molecule has 3 aliphatic heterocycles. The third kappa shape index (κ3) is 4.29. The summed E-state index contributed by atoms with van der Waals surface area (Å²) in [6.07, 6.45) is 4.34. The molecule has 1 N–H and O–H groups in total. The van der Waals surface area contributed by atoms with Gasteiger partial charge >= 0.3 is 0 Å². The van der Waals surface area contributed by atoms with E-state index in [0.29, 0.717) is 23.6 Å². The Bertz CT molecular complexity index is 1230. The van der Waals surface area contributed by atoms with Gasteiger partial charge in [-0.3, -0.25) is 9.88 Å². The van der Waals surface area contributed by atoms with Crippen LogP contribution in [0.15, 0.2) is 54.7 Å². The van der Waals surface area contributed by atoms with Crippen molar-refractivity contribution in [1.82, 2.24) is 15.2 Å². The lowest BCUT2D eigenvalue weighted by molar-refractivity contribution is 0.0277. The molecule has 3 aromatic rings. The molecule has 0 radical (unpaired) electrons. The molecule has 2 aromatic carbocycles. The van der Waals surface area contributed by atoms with Crippen molar-refractivity contribution in [3.05, 3.63) is 71.4 Å². The Morgan fingerprint density at radius 3 is 2.74 bits per heavy atom. The fourth-order valence-electron chi connectivity index (χ4n) is 6.37. The molecule has 6 nitrogen and oxygen atoms in total. The molecule has 35 heavy (non-hydrogen) atoms. The van der Waals surface area contributed by atoms with Crippen LogP contribution in [0.3, 0.4) is 0 Å². The molecule has 4 atom stereocenters. The first-order valence-corrected chi connectivity index (χ1v) is 12.9. The van der Waals surface area contributed by atoms with Crippen molar-refractivity contribution in [3.8, 4) is 6.07 Å². The minimum atomic E-state index is 0.170. The van der Waals surface area contributed by atoms with Gasteiger partial charge in [-0.05, 0) is 67.6 Å². The first kappa shape index (κ1) is 22.5. The molecule has 0 aliphatic carbocycles. The van der Waals surface area contributed by atoms with Crippen LogP contribution < -0.4 is 10.2 Å². The molecule has 3 aliphatic rings. The second-order valence-electron chi connectivity index (χ2n) is 10.2. The zero-order valence-electron chi connectivity index (χ0n) is 20.4. The minimum Gasteiger partial charge on any atom is -0.371 e. The standard InChI is InChI=1S/C29H33N5O/c1-20-18-33(27-9-8-24(16-30)29-26(27)3-2-11-32-29)19-25-15-23(10-13-34(20)25)21-4-6-22(7-5-21)28-17-31-12-14-35-28/h2-9,11,20,23,25,28,31H,10,12-15,17-19H2,1H3/t20?,23-,25?,28?/m0/s1. The summed E-state index contributed by atoms with van der Waals surface area (Å²) in [5.74, 6) is 0.585. The number of aromatic nitrogens is 1. The summed E-state index contributed by atoms with van der Waals surface area (Å²) in [5, 5.41) is 14.0. The summed E-state index contributed by atoms with van der Waals surface area (Å²) in [6, 6.07) is 20.6. The van der Waals surface area contributed by atoms with Crippen molar-refractivity contribution in [2.75, 3.05) is 44.2 Å². The highest BCUT2D eigenvalue weighted by molar-refractivity contribution is 5.95. The van der Waals surface area contributed by atoms with Crippen molar-refractivity contribution in [2.24, 2.45) is 0 Å². The number of nitrogens with one attached hydrogen (secondary N) is 1. The number of morpholine rings is 1. The first-order valence-electron chi connectivity index (χ1n) is 12.9. The van der Waals surface area contributed by atoms with Gasteiger partial charge in [0.1, 0.15) is 6.07 Å². The number of rotatable bonds is 3. The van der Waals surface area contributed by atoms with E-state index in [1.165, 1.54) is 29.7 Å². The highest BCUT2D eigenvalue weighted by Gasteiger charge is 2.37. The summed E-state index contributed by atoms with van der Waals surface area (Å²) in [7, 11) is 0. The lowest BCUT2D eigenvalue weighted by Gasteiger charge is -2.50. The Kier molecular flexibility index (Phi) is 6.15. The number of benzene rings is 2. The predicted molar refractivity (Wildman–Crippen MR) is 139 cm³/mol. The quantitative estimate of drug-likeness (QED) is 0.622. The van der Waals surface area contributed by atoms with Crippen molar-refractivity contribution in [3.63, 3.8) is 0 Å². The molecule has 3 unspecified atom stereocenters. The van der Waals surface area contributed by atoms with E-state index in [1.807, 2.05) is 12.1 Å². The predicted octanol–water partition coefficient (Wildman–Crippen LogP) is 4.22. The molecule has 180 valence electrons. The van der Waals surface area contributed by atoms with Crippen LogP contribution in [0.2, 0.25) is 0 Å². The van der Waals surface area contributed by atoms with Crippen LogP contribution in [0.5, 0.6) is 0 Å². The number of ether oxygens (including phenoxy) is 1. The molecule has 0 saturated carbocycles. The molecular formula is C29H33N5O. The number of pyridine rings is 1. The number of fused-ring (bicyclic) bond motifs is 2. The van der Waals surface area contributed by atoms with Gasteiger partial charge in [0.15, 0.2) is 0 Å². The van der Waals surface area contributed by atoms with Crippen molar-refractivity contribution in [2.45, 2.75) is 43.9 Å². The lowest BCUT2D eigenvalue weighted by Crippen LogP contribution is -2.60. The van der Waals surface area contributed by atoms with E-state index in [9.17, 15) is 5.26 Å². The van der Waals surface area contributed by atoms with Crippen LogP contribution in [0.4, 0.5) is 5.69 Å². The van der Waals surface area contributed by atoms with E-state index in [1.54, 1.807) is 6.20 Å². The van der Waals surface area contributed by atoms with Gasteiger partial charge in [-0.1, -0.05) is 24.3 Å². The summed E-state index contributed by atoms with van der Waals surface area (Å²) in [5.41, 5.74) is 5.38. The van der Waals surface area contributed by atoms with Gasteiger partial charge in [-0.15, -0.1) is 0 Å². The Hall–Kier alpha value is -2.98. The highest BCUT2D eigenvalue weighted by atomic mass is 16.5. The van der Waals surface area contributed by atoms with Crippen LogP contribution in [0.1, 0.15) is 48.5 Å². The molecule has 3 saturated heterocycles. The molecule has 4 heterocycles. The number of piperazine rings is 1. The van der Waals surface area contributed by atoms with Crippen molar-refractivity contribution >= 4 is 16.6 Å². The van der Waals surface area contributed by atoms with Gasteiger partial charge in [0.05, 0.1) is 23.8 Å². The molecule has 0 amide bonds. The van der Waals surface area contributed by atoms with E-state index in [-0.39, 0.29) is 6.10 Å². The van der Waals surface area contributed by atoms with E-state index in [2.05, 4.69) is 69.5 Å². The van der Waals surface area contributed by atoms with Gasteiger partial charge in [-0.2, -0.15) is 5.26 Å². The monoisotopic (exact) mass is 467 g/mol. The topological polar surface area (TPSA) is 64.4 Å². The maximum Gasteiger partial charge on any atom is 0.101 e. The third-order valence-corrected chi connectivity index (χ3v) is 8.16. The average Bonchev–Trinajstić information content (AvgIpc) is 2.92.